The lowest BCUT2D eigenvalue weighted by atomic mass is 9.49. The van der Waals surface area contributed by atoms with Gasteiger partial charge in [0.15, 0.2) is 0 Å². The minimum Gasteiger partial charge on any atom is -0.460 e. The molecule has 0 unspecified atom stereocenters. The van der Waals surface area contributed by atoms with Crippen LogP contribution in [-0.2, 0) is 4.79 Å². The van der Waals surface area contributed by atoms with Crippen molar-refractivity contribution in [3.05, 3.63) is 23.7 Å². The van der Waals surface area contributed by atoms with Gasteiger partial charge in [-0.15, -0.1) is 0 Å². The van der Waals surface area contributed by atoms with Gasteiger partial charge in [0, 0.05) is 0 Å². The van der Waals surface area contributed by atoms with Crippen molar-refractivity contribution in [1.29, 1.82) is 0 Å². The quantitative estimate of drug-likeness (QED) is 0.685. The van der Waals surface area contributed by atoms with Gasteiger partial charge in [0.2, 0.25) is 5.91 Å². The first-order valence-electron chi connectivity index (χ1n) is 8.03. The minimum absolute atomic E-state index is 0.126. The van der Waals surface area contributed by atoms with Crippen molar-refractivity contribution in [2.24, 2.45) is 28.3 Å². The summed E-state index contributed by atoms with van der Waals surface area (Å²) in [4.78, 5) is 12.6. The van der Waals surface area contributed by atoms with E-state index in [2.05, 4.69) is 10.5 Å². The van der Waals surface area contributed by atoms with Gasteiger partial charge in [0.1, 0.15) is 11.5 Å². The van der Waals surface area contributed by atoms with Crippen molar-refractivity contribution in [3.63, 3.8) is 0 Å². The monoisotopic (exact) mass is 286 g/mol. The zero-order valence-electron chi connectivity index (χ0n) is 12.5. The number of hydrazone groups is 1. The number of aryl methyl sites for hydroxylation is 1. The van der Waals surface area contributed by atoms with E-state index >= 15 is 0 Å². The van der Waals surface area contributed by atoms with Crippen molar-refractivity contribution in [2.75, 3.05) is 0 Å². The lowest BCUT2D eigenvalue weighted by Crippen LogP contribution is -2.52. The molecule has 0 aliphatic heterocycles. The number of nitrogens with zero attached hydrogens (tertiary/aromatic N) is 1. The minimum atomic E-state index is -0.134. The fourth-order valence-corrected chi connectivity index (χ4v) is 5.18. The number of carbonyl (C=O) groups excluding carboxylic acids is 1. The molecule has 0 radical (unpaired) electrons. The Bertz CT molecular complexity index is 552. The molecule has 4 fully saturated rings. The number of nitrogens with one attached hydrogen (secondary N) is 1. The van der Waals surface area contributed by atoms with Gasteiger partial charge < -0.3 is 4.42 Å². The SMILES string of the molecule is Cc1ccc(C=NNC(=O)C23CC4CC(CC(C4)C2)C3)o1. The van der Waals surface area contributed by atoms with Crippen molar-refractivity contribution < 1.29 is 9.21 Å². The van der Waals surface area contributed by atoms with Crippen molar-refractivity contribution >= 4 is 12.1 Å². The standard InChI is InChI=1S/C17H22N2O2/c1-11-2-3-15(21-11)10-18-19-16(20)17-7-12-4-13(8-17)6-14(5-12)9-17/h2-3,10,12-14H,4-9H2,1H3,(H,19,20). The topological polar surface area (TPSA) is 54.6 Å². The highest BCUT2D eigenvalue weighted by molar-refractivity contribution is 5.85. The van der Waals surface area contributed by atoms with Crippen molar-refractivity contribution in [1.82, 2.24) is 5.43 Å². The summed E-state index contributed by atoms with van der Waals surface area (Å²) in [5.74, 6) is 3.99. The van der Waals surface area contributed by atoms with Crippen LogP contribution >= 0.6 is 0 Å². The zero-order valence-corrected chi connectivity index (χ0v) is 12.5. The Morgan fingerprint density at radius 1 is 1.24 bits per heavy atom. The predicted octanol–water partition coefficient (Wildman–Crippen LogP) is 3.25. The number of furan rings is 1. The lowest BCUT2D eigenvalue weighted by molar-refractivity contribution is -0.146. The maximum absolute atomic E-state index is 12.6. The summed E-state index contributed by atoms with van der Waals surface area (Å²) in [6.07, 6.45) is 8.84. The summed E-state index contributed by atoms with van der Waals surface area (Å²) in [7, 11) is 0. The van der Waals surface area contributed by atoms with E-state index in [0.717, 1.165) is 42.8 Å². The highest BCUT2D eigenvalue weighted by Crippen LogP contribution is 2.60. The van der Waals surface area contributed by atoms with Crippen LogP contribution in [0.4, 0.5) is 0 Å². The largest absolute Gasteiger partial charge is 0.460 e. The molecule has 112 valence electrons. The molecule has 0 aromatic carbocycles. The molecule has 1 N–H and O–H groups in total. The maximum atomic E-state index is 12.6. The van der Waals surface area contributed by atoms with Gasteiger partial charge in [-0.1, -0.05) is 0 Å². The van der Waals surface area contributed by atoms with Crippen LogP contribution in [0.3, 0.4) is 0 Å². The van der Waals surface area contributed by atoms with Gasteiger partial charge in [-0.2, -0.15) is 5.10 Å². The van der Waals surface area contributed by atoms with Crippen LogP contribution in [0.2, 0.25) is 0 Å². The molecule has 4 aliphatic carbocycles. The second-order valence-electron chi connectivity index (χ2n) is 7.35. The molecule has 1 amide bonds. The molecule has 0 saturated heterocycles. The van der Waals surface area contributed by atoms with E-state index in [1.807, 2.05) is 19.1 Å². The van der Waals surface area contributed by atoms with E-state index < -0.39 is 0 Å². The summed E-state index contributed by atoms with van der Waals surface area (Å²) in [5.41, 5.74) is 2.63. The fraction of sp³-hybridized carbons (Fsp3) is 0.647. The second kappa shape index (κ2) is 4.72. The van der Waals surface area contributed by atoms with Gasteiger partial charge in [0.05, 0.1) is 11.6 Å². The Kier molecular flexibility index (Phi) is 2.95. The molecule has 4 nitrogen and oxygen atoms in total. The molecule has 4 bridgehead atoms. The average Bonchev–Trinajstić information content (AvgIpc) is 2.83. The Labute approximate surface area is 125 Å². The Hall–Kier alpha value is -1.58. The van der Waals surface area contributed by atoms with Crippen LogP contribution in [-0.4, -0.2) is 12.1 Å². The van der Waals surface area contributed by atoms with Crippen LogP contribution in [0.1, 0.15) is 50.0 Å². The number of hydrogen-bond acceptors (Lipinski definition) is 3. The van der Waals surface area contributed by atoms with Gasteiger partial charge >= 0.3 is 0 Å². The lowest BCUT2D eigenvalue weighted by Gasteiger charge is -2.55. The first-order valence-corrected chi connectivity index (χ1v) is 8.03. The normalized spacial score (nSPS) is 37.3. The summed E-state index contributed by atoms with van der Waals surface area (Å²) in [5, 5.41) is 4.09. The fourth-order valence-electron chi connectivity index (χ4n) is 5.18. The molecular weight excluding hydrogens is 264 g/mol. The Morgan fingerprint density at radius 3 is 2.38 bits per heavy atom. The Morgan fingerprint density at radius 2 is 1.86 bits per heavy atom. The van der Waals surface area contributed by atoms with Crippen molar-refractivity contribution in [2.45, 2.75) is 45.4 Å². The van der Waals surface area contributed by atoms with Crippen molar-refractivity contribution in [3.8, 4) is 0 Å². The third-order valence-corrected chi connectivity index (χ3v) is 5.64. The molecule has 1 aromatic rings. The third-order valence-electron chi connectivity index (χ3n) is 5.64. The molecule has 4 aliphatic rings. The maximum Gasteiger partial charge on any atom is 0.246 e. The van der Waals surface area contributed by atoms with Gasteiger partial charge in [-0.05, 0) is 75.3 Å². The zero-order chi connectivity index (χ0) is 14.4. The van der Waals surface area contributed by atoms with Gasteiger partial charge in [0.25, 0.3) is 0 Å². The number of rotatable bonds is 3. The molecule has 4 heteroatoms. The second-order valence-corrected chi connectivity index (χ2v) is 7.35. The van der Waals surface area contributed by atoms with Gasteiger partial charge in [-0.25, -0.2) is 5.43 Å². The first-order chi connectivity index (χ1) is 10.1. The van der Waals surface area contributed by atoms with E-state index in [-0.39, 0.29) is 11.3 Å². The number of hydrogen-bond donors (Lipinski definition) is 1. The molecule has 0 spiro atoms. The molecule has 0 atom stereocenters. The molecule has 4 saturated carbocycles. The van der Waals surface area contributed by atoms with Gasteiger partial charge in [-0.3, -0.25) is 4.79 Å². The predicted molar refractivity (Wildman–Crippen MR) is 79.8 cm³/mol. The van der Waals surface area contributed by atoms with Crippen LogP contribution in [0.25, 0.3) is 0 Å². The average molecular weight is 286 g/mol. The summed E-state index contributed by atoms with van der Waals surface area (Å²) < 4.78 is 5.41. The summed E-state index contributed by atoms with van der Waals surface area (Å²) >= 11 is 0. The van der Waals surface area contributed by atoms with E-state index in [0.29, 0.717) is 5.76 Å². The smallest absolute Gasteiger partial charge is 0.246 e. The van der Waals surface area contributed by atoms with Crippen LogP contribution in [0, 0.1) is 30.1 Å². The van der Waals surface area contributed by atoms with Crippen LogP contribution in [0.5, 0.6) is 0 Å². The van der Waals surface area contributed by atoms with E-state index in [4.69, 9.17) is 4.42 Å². The molecule has 5 rings (SSSR count). The molecule has 1 aromatic heterocycles. The Balaban J connectivity index is 1.44. The van der Waals surface area contributed by atoms with Crippen LogP contribution in [0.15, 0.2) is 21.7 Å². The summed E-state index contributed by atoms with van der Waals surface area (Å²) in [6.45, 7) is 1.89. The number of amides is 1. The third kappa shape index (κ3) is 2.30. The van der Waals surface area contributed by atoms with E-state index in [1.165, 1.54) is 19.3 Å². The molecule has 21 heavy (non-hydrogen) atoms. The molecule has 1 heterocycles. The van der Waals surface area contributed by atoms with E-state index in [1.54, 1.807) is 6.21 Å². The summed E-state index contributed by atoms with van der Waals surface area (Å²) in [6, 6.07) is 3.75. The first kappa shape index (κ1) is 13.1. The number of carbonyl (C=O) groups is 1. The molecular formula is C17H22N2O2. The van der Waals surface area contributed by atoms with E-state index in [9.17, 15) is 4.79 Å². The highest BCUT2D eigenvalue weighted by Gasteiger charge is 2.54. The van der Waals surface area contributed by atoms with Crippen LogP contribution < -0.4 is 5.43 Å². The highest BCUT2D eigenvalue weighted by atomic mass is 16.3.